The molecule has 1 amide bonds. The van der Waals surface area contributed by atoms with Gasteiger partial charge < -0.3 is 14.9 Å². The van der Waals surface area contributed by atoms with Crippen LogP contribution in [-0.4, -0.2) is 35.6 Å². The summed E-state index contributed by atoms with van der Waals surface area (Å²) in [5, 5.41) is 18.4. The molecule has 0 aromatic heterocycles. The molecule has 0 spiro atoms. The van der Waals surface area contributed by atoms with Crippen LogP contribution < -0.4 is 4.90 Å². The van der Waals surface area contributed by atoms with E-state index in [2.05, 4.69) is 0 Å². The van der Waals surface area contributed by atoms with Gasteiger partial charge in [0.05, 0.1) is 18.8 Å². The van der Waals surface area contributed by atoms with Gasteiger partial charge in [-0.1, -0.05) is 0 Å². The lowest BCUT2D eigenvalue weighted by atomic mass is 10.0. The summed E-state index contributed by atoms with van der Waals surface area (Å²) >= 11 is 0. The molecule has 1 aliphatic heterocycles. The number of halogens is 2. The van der Waals surface area contributed by atoms with E-state index in [4.69, 9.17) is 9.84 Å². The third kappa shape index (κ3) is 2.83. The molecule has 23 heavy (non-hydrogen) atoms. The molecule has 5 nitrogen and oxygen atoms in total. The molecule has 1 aliphatic rings. The van der Waals surface area contributed by atoms with E-state index in [-0.39, 0.29) is 35.7 Å². The van der Waals surface area contributed by atoms with Crippen molar-refractivity contribution in [3.8, 4) is 16.9 Å². The minimum absolute atomic E-state index is 0.0339. The van der Waals surface area contributed by atoms with E-state index in [9.17, 15) is 18.7 Å². The molecule has 2 N–H and O–H groups in total. The molecule has 0 aliphatic carbocycles. The Bertz CT molecular complexity index is 766. The van der Waals surface area contributed by atoms with Gasteiger partial charge in [0.25, 0.3) is 0 Å². The van der Waals surface area contributed by atoms with Crippen LogP contribution in [0.3, 0.4) is 0 Å². The number of aliphatic hydroxyl groups excluding tert-OH is 1. The standard InChI is InChI=1S/C16H13F2NO4/c17-14-4-2-10(21)6-13(14)12-3-1-9(5-15(12)18)19-7-11(8-20)23-16(19)22/h1-6,11,20-21H,7-8H2/t11-/m1/s1. The second-order valence-electron chi connectivity index (χ2n) is 5.13. The fourth-order valence-electron chi connectivity index (χ4n) is 2.44. The number of rotatable bonds is 3. The summed E-state index contributed by atoms with van der Waals surface area (Å²) in [7, 11) is 0. The molecule has 0 unspecified atom stereocenters. The lowest BCUT2D eigenvalue weighted by molar-refractivity contribution is 0.0963. The van der Waals surface area contributed by atoms with E-state index in [0.717, 1.165) is 18.2 Å². The zero-order valence-electron chi connectivity index (χ0n) is 11.9. The number of hydrogen-bond donors (Lipinski definition) is 2. The van der Waals surface area contributed by atoms with Crippen LogP contribution in [0.4, 0.5) is 19.3 Å². The van der Waals surface area contributed by atoms with Gasteiger partial charge in [-0.15, -0.1) is 0 Å². The van der Waals surface area contributed by atoms with Crippen molar-refractivity contribution < 1.29 is 28.5 Å². The summed E-state index contributed by atoms with van der Waals surface area (Å²) in [6.45, 7) is -0.216. The monoisotopic (exact) mass is 321 g/mol. The number of hydrogen-bond acceptors (Lipinski definition) is 4. The second kappa shape index (κ2) is 5.85. The van der Waals surface area contributed by atoms with Crippen LogP contribution in [0, 0.1) is 11.6 Å². The van der Waals surface area contributed by atoms with Crippen LogP contribution in [0.1, 0.15) is 0 Å². The van der Waals surface area contributed by atoms with Crippen molar-refractivity contribution in [1.29, 1.82) is 0 Å². The zero-order chi connectivity index (χ0) is 16.6. The predicted octanol–water partition coefficient (Wildman–Crippen LogP) is 2.65. The van der Waals surface area contributed by atoms with Crippen molar-refractivity contribution in [2.45, 2.75) is 6.10 Å². The average molecular weight is 321 g/mol. The number of cyclic esters (lactones) is 1. The highest BCUT2D eigenvalue weighted by Gasteiger charge is 2.32. The maximum atomic E-state index is 14.3. The zero-order valence-corrected chi connectivity index (χ0v) is 11.9. The number of carbonyl (C=O) groups is 1. The van der Waals surface area contributed by atoms with Gasteiger partial charge in [-0.05, 0) is 36.4 Å². The minimum atomic E-state index is -0.743. The first-order valence-corrected chi connectivity index (χ1v) is 6.87. The van der Waals surface area contributed by atoms with E-state index < -0.39 is 23.8 Å². The van der Waals surface area contributed by atoms with Crippen molar-refractivity contribution in [2.24, 2.45) is 0 Å². The Morgan fingerprint density at radius 2 is 1.91 bits per heavy atom. The Morgan fingerprint density at radius 1 is 1.13 bits per heavy atom. The predicted molar refractivity (Wildman–Crippen MR) is 78.2 cm³/mol. The van der Waals surface area contributed by atoms with Gasteiger partial charge in [-0.3, -0.25) is 4.90 Å². The molecule has 1 fully saturated rings. The van der Waals surface area contributed by atoms with Crippen LogP contribution in [-0.2, 0) is 4.74 Å². The Balaban J connectivity index is 1.95. The van der Waals surface area contributed by atoms with Crippen LogP contribution in [0.15, 0.2) is 36.4 Å². The van der Waals surface area contributed by atoms with E-state index in [1.54, 1.807) is 0 Å². The van der Waals surface area contributed by atoms with E-state index in [0.29, 0.717) is 0 Å². The molecule has 0 bridgehead atoms. The van der Waals surface area contributed by atoms with Crippen molar-refractivity contribution >= 4 is 11.8 Å². The number of amides is 1. The third-order valence-electron chi connectivity index (χ3n) is 3.58. The molecule has 2 aromatic carbocycles. The lowest BCUT2D eigenvalue weighted by Gasteiger charge is -2.14. The molecule has 7 heteroatoms. The molecule has 2 aromatic rings. The van der Waals surface area contributed by atoms with E-state index in [1.165, 1.54) is 23.1 Å². The van der Waals surface area contributed by atoms with E-state index >= 15 is 0 Å². The number of carbonyl (C=O) groups excluding carboxylic acids is 1. The highest BCUT2D eigenvalue weighted by Crippen LogP contribution is 2.32. The van der Waals surface area contributed by atoms with Gasteiger partial charge in [0.2, 0.25) is 0 Å². The van der Waals surface area contributed by atoms with Crippen LogP contribution in [0.5, 0.6) is 5.75 Å². The van der Waals surface area contributed by atoms with Gasteiger partial charge >= 0.3 is 6.09 Å². The fraction of sp³-hybridized carbons (Fsp3) is 0.188. The Morgan fingerprint density at radius 3 is 2.57 bits per heavy atom. The number of phenolic OH excluding ortho intramolecular Hbond substituents is 1. The SMILES string of the molecule is O=C1O[C@@H](CO)CN1c1ccc(-c2cc(O)ccc2F)c(F)c1. The van der Waals surface area contributed by atoms with Gasteiger partial charge in [-0.2, -0.15) is 0 Å². The molecule has 1 atom stereocenters. The van der Waals surface area contributed by atoms with Crippen molar-refractivity contribution in [3.05, 3.63) is 48.0 Å². The van der Waals surface area contributed by atoms with Crippen LogP contribution in [0.2, 0.25) is 0 Å². The summed E-state index contributed by atoms with van der Waals surface area (Å²) < 4.78 is 33.0. The molecule has 0 saturated carbocycles. The summed E-state index contributed by atoms with van der Waals surface area (Å²) in [4.78, 5) is 12.9. The molecular formula is C16H13F2NO4. The second-order valence-corrected chi connectivity index (χ2v) is 5.13. The number of anilines is 1. The lowest BCUT2D eigenvalue weighted by Crippen LogP contribution is -2.25. The number of aromatic hydroxyl groups is 1. The number of aliphatic hydroxyl groups is 1. The quantitative estimate of drug-likeness (QED) is 0.912. The van der Waals surface area contributed by atoms with Crippen molar-refractivity contribution in [2.75, 3.05) is 18.1 Å². The molecule has 120 valence electrons. The topological polar surface area (TPSA) is 70.0 Å². The highest BCUT2D eigenvalue weighted by atomic mass is 19.1. The summed E-state index contributed by atoms with van der Waals surface area (Å²) in [6.07, 6.45) is -1.34. The number of benzene rings is 2. The number of nitrogens with zero attached hydrogens (tertiary/aromatic N) is 1. The fourth-order valence-corrected chi connectivity index (χ4v) is 2.44. The first-order valence-electron chi connectivity index (χ1n) is 6.87. The highest BCUT2D eigenvalue weighted by molar-refractivity contribution is 5.90. The molecule has 1 saturated heterocycles. The summed E-state index contributed by atoms with van der Waals surface area (Å²) in [6, 6.07) is 7.19. The van der Waals surface area contributed by atoms with Gasteiger partial charge in [0, 0.05) is 11.1 Å². The van der Waals surface area contributed by atoms with Crippen molar-refractivity contribution in [3.63, 3.8) is 0 Å². The normalized spacial score (nSPS) is 17.4. The average Bonchev–Trinajstić information content (AvgIpc) is 2.91. The number of phenols is 1. The summed E-state index contributed by atoms with van der Waals surface area (Å²) in [5.74, 6) is -1.60. The minimum Gasteiger partial charge on any atom is -0.508 e. The Hall–Kier alpha value is -2.67. The maximum Gasteiger partial charge on any atom is 0.414 e. The molecule has 0 radical (unpaired) electrons. The molecule has 3 rings (SSSR count). The first-order chi connectivity index (χ1) is 11.0. The maximum absolute atomic E-state index is 14.3. The largest absolute Gasteiger partial charge is 0.508 e. The first kappa shape index (κ1) is 15.2. The van der Waals surface area contributed by atoms with Gasteiger partial charge in [0.1, 0.15) is 23.5 Å². The molecular weight excluding hydrogens is 308 g/mol. The molecule has 1 heterocycles. The smallest absolute Gasteiger partial charge is 0.414 e. The Labute approximate surface area is 130 Å². The van der Waals surface area contributed by atoms with Crippen LogP contribution >= 0.6 is 0 Å². The van der Waals surface area contributed by atoms with Crippen LogP contribution in [0.25, 0.3) is 11.1 Å². The van der Waals surface area contributed by atoms with Gasteiger partial charge in [0.15, 0.2) is 0 Å². The summed E-state index contributed by atoms with van der Waals surface area (Å²) in [5.41, 5.74) is 0.132. The van der Waals surface area contributed by atoms with Crippen molar-refractivity contribution in [1.82, 2.24) is 0 Å². The third-order valence-corrected chi connectivity index (χ3v) is 3.58. The van der Waals surface area contributed by atoms with E-state index in [1.807, 2.05) is 0 Å². The number of ether oxygens (including phenoxy) is 1. The van der Waals surface area contributed by atoms with Gasteiger partial charge in [-0.25, -0.2) is 13.6 Å². The Kier molecular flexibility index (Phi) is 3.87.